The number of likely N-dealkylation sites (N-methyl/N-ethyl adjacent to an activating group) is 1. The van der Waals surface area contributed by atoms with Gasteiger partial charge in [0.15, 0.2) is 0 Å². The molecule has 2 aromatic heterocycles. The molecule has 2 aliphatic rings. The van der Waals surface area contributed by atoms with Crippen LogP contribution in [-0.2, 0) is 13.1 Å². The lowest BCUT2D eigenvalue weighted by molar-refractivity contribution is 0.191. The molecule has 26 heavy (non-hydrogen) atoms. The predicted octanol–water partition coefficient (Wildman–Crippen LogP) is -0.0204. The van der Waals surface area contributed by atoms with E-state index in [1.54, 1.807) is 6.33 Å². The second kappa shape index (κ2) is 7.16. The summed E-state index contributed by atoms with van der Waals surface area (Å²) in [4.78, 5) is 15.6. The number of aliphatic hydroxyl groups excluding tert-OH is 1. The third-order valence-electron chi connectivity index (χ3n) is 5.07. The van der Waals surface area contributed by atoms with E-state index in [4.69, 9.17) is 0 Å². The third-order valence-corrected chi connectivity index (χ3v) is 5.07. The summed E-state index contributed by atoms with van der Waals surface area (Å²) >= 11 is 0. The second-order valence-electron chi connectivity index (χ2n) is 7.42. The van der Waals surface area contributed by atoms with Gasteiger partial charge in [0.05, 0.1) is 24.5 Å². The van der Waals surface area contributed by atoms with Crippen LogP contribution >= 0.6 is 0 Å². The van der Waals surface area contributed by atoms with Gasteiger partial charge in [-0.3, -0.25) is 0 Å². The molecule has 1 fully saturated rings. The van der Waals surface area contributed by atoms with E-state index in [-0.39, 0.29) is 12.1 Å². The Balaban J connectivity index is 1.56. The molecule has 4 rings (SSSR count). The van der Waals surface area contributed by atoms with Gasteiger partial charge >= 0.3 is 0 Å². The van der Waals surface area contributed by atoms with Gasteiger partial charge < -0.3 is 19.8 Å². The van der Waals surface area contributed by atoms with Crippen LogP contribution in [0.4, 0.5) is 11.6 Å². The largest absolute Gasteiger partial charge is 0.391 e. The maximum absolute atomic E-state index is 10.2. The Bertz CT molecular complexity index is 748. The quantitative estimate of drug-likeness (QED) is 0.816. The molecular weight excluding hydrogens is 332 g/mol. The molecule has 2 aliphatic heterocycles. The molecule has 140 valence electrons. The van der Waals surface area contributed by atoms with Crippen LogP contribution in [0.5, 0.6) is 0 Å². The summed E-state index contributed by atoms with van der Waals surface area (Å²) in [6.07, 6.45) is 4.91. The zero-order chi connectivity index (χ0) is 18.1. The monoisotopic (exact) mass is 358 g/mol. The van der Waals surface area contributed by atoms with Crippen LogP contribution in [-0.4, -0.2) is 80.8 Å². The summed E-state index contributed by atoms with van der Waals surface area (Å²) in [6.45, 7) is 4.06. The fourth-order valence-corrected chi connectivity index (χ4v) is 3.91. The lowest BCUT2D eigenvalue weighted by Gasteiger charge is -2.29. The molecule has 1 N–H and O–H groups in total. The number of hydrogen-bond acceptors (Lipinski definition) is 8. The highest BCUT2D eigenvalue weighted by Gasteiger charge is 2.32. The van der Waals surface area contributed by atoms with Crippen molar-refractivity contribution in [3.8, 4) is 0 Å². The number of rotatable bonds is 4. The molecule has 9 nitrogen and oxygen atoms in total. The topological polar surface area (TPSA) is 86.4 Å². The number of nitrogens with zero attached hydrogens (tertiary/aromatic N) is 8. The summed E-state index contributed by atoms with van der Waals surface area (Å²) in [5.74, 6) is 1.80. The fourth-order valence-electron chi connectivity index (χ4n) is 3.91. The summed E-state index contributed by atoms with van der Waals surface area (Å²) in [6, 6.07) is 2.30. The second-order valence-corrected chi connectivity index (χ2v) is 7.42. The number of aliphatic hydroxyl groups is 1. The Labute approximate surface area is 153 Å². The predicted molar refractivity (Wildman–Crippen MR) is 98.0 cm³/mol. The van der Waals surface area contributed by atoms with Gasteiger partial charge in [-0.15, -0.1) is 5.10 Å². The van der Waals surface area contributed by atoms with E-state index in [0.29, 0.717) is 6.54 Å². The minimum atomic E-state index is -0.308. The molecule has 0 radical (unpaired) electrons. The van der Waals surface area contributed by atoms with E-state index in [1.807, 2.05) is 16.9 Å². The Morgan fingerprint density at radius 2 is 2.08 bits per heavy atom. The summed E-state index contributed by atoms with van der Waals surface area (Å²) in [5, 5.41) is 18.3. The number of β-amino-alcohol motifs (C(OH)–C–C–N with tert-alkyl or cyclic N) is 1. The van der Waals surface area contributed by atoms with E-state index in [9.17, 15) is 5.11 Å². The highest BCUT2D eigenvalue weighted by molar-refractivity contribution is 5.52. The molecule has 0 spiro atoms. The Morgan fingerprint density at radius 3 is 2.92 bits per heavy atom. The summed E-state index contributed by atoms with van der Waals surface area (Å²) in [7, 11) is 4.12. The first-order valence-electron chi connectivity index (χ1n) is 9.14. The third kappa shape index (κ3) is 3.49. The Hall–Kier alpha value is -2.26. The van der Waals surface area contributed by atoms with Gasteiger partial charge in [-0.05, 0) is 26.9 Å². The van der Waals surface area contributed by atoms with E-state index in [0.717, 1.165) is 56.4 Å². The molecule has 2 aromatic rings. The maximum atomic E-state index is 10.2. The van der Waals surface area contributed by atoms with Crippen molar-refractivity contribution < 1.29 is 5.11 Å². The number of aromatic nitrogens is 5. The van der Waals surface area contributed by atoms with E-state index in [2.05, 4.69) is 49.1 Å². The molecule has 0 unspecified atom stereocenters. The van der Waals surface area contributed by atoms with Crippen LogP contribution < -0.4 is 9.80 Å². The molecule has 1 saturated heterocycles. The van der Waals surface area contributed by atoms with E-state index >= 15 is 0 Å². The van der Waals surface area contributed by atoms with Crippen molar-refractivity contribution in [2.24, 2.45) is 0 Å². The SMILES string of the molecule is CN(C)C[C@H]1C[C@@H](O)CN1c1cc(N2CCCn3nncc3C2)ncn1. The smallest absolute Gasteiger partial charge is 0.134 e. The van der Waals surface area contributed by atoms with Gasteiger partial charge in [0, 0.05) is 38.3 Å². The van der Waals surface area contributed by atoms with Crippen molar-refractivity contribution in [3.63, 3.8) is 0 Å². The summed E-state index contributed by atoms with van der Waals surface area (Å²) < 4.78 is 1.96. The fraction of sp³-hybridized carbons (Fsp3) is 0.647. The van der Waals surface area contributed by atoms with Crippen LogP contribution in [0.25, 0.3) is 0 Å². The van der Waals surface area contributed by atoms with Gasteiger partial charge in [-0.25, -0.2) is 14.6 Å². The Morgan fingerprint density at radius 1 is 1.23 bits per heavy atom. The average molecular weight is 358 g/mol. The zero-order valence-corrected chi connectivity index (χ0v) is 15.4. The van der Waals surface area contributed by atoms with E-state index < -0.39 is 0 Å². The molecule has 0 saturated carbocycles. The highest BCUT2D eigenvalue weighted by Crippen LogP contribution is 2.27. The van der Waals surface area contributed by atoms with Crippen molar-refractivity contribution in [1.82, 2.24) is 29.9 Å². The van der Waals surface area contributed by atoms with Crippen LogP contribution in [0.15, 0.2) is 18.6 Å². The van der Waals surface area contributed by atoms with Gasteiger partial charge in [-0.2, -0.15) is 0 Å². The molecule has 0 bridgehead atoms. The minimum absolute atomic E-state index is 0.262. The normalized spacial score (nSPS) is 23.4. The van der Waals surface area contributed by atoms with Crippen molar-refractivity contribution in [1.29, 1.82) is 0 Å². The summed E-state index contributed by atoms with van der Waals surface area (Å²) in [5.41, 5.74) is 1.10. The van der Waals surface area contributed by atoms with Crippen molar-refractivity contribution in [3.05, 3.63) is 24.3 Å². The molecule has 4 heterocycles. The number of fused-ring (bicyclic) bond motifs is 1. The van der Waals surface area contributed by atoms with Crippen LogP contribution in [0.3, 0.4) is 0 Å². The van der Waals surface area contributed by atoms with Crippen molar-refractivity contribution >= 4 is 11.6 Å². The molecule has 2 atom stereocenters. The first-order chi connectivity index (χ1) is 12.6. The van der Waals surface area contributed by atoms with Crippen LogP contribution in [0, 0.1) is 0 Å². The standard InChI is InChI=1S/C17H26N8O/c1-22(2)9-13-6-15(26)11-24(13)17-7-16(18-12-19-17)23-4-3-5-25-14(10-23)8-20-21-25/h7-8,12-13,15,26H,3-6,9-11H2,1-2H3/t13-,15-/m1/s1. The van der Waals surface area contributed by atoms with Crippen LogP contribution in [0.2, 0.25) is 0 Å². The Kier molecular flexibility index (Phi) is 4.73. The molecular formula is C17H26N8O. The lowest BCUT2D eigenvalue weighted by atomic mass is 10.2. The van der Waals surface area contributed by atoms with E-state index in [1.165, 1.54) is 0 Å². The maximum Gasteiger partial charge on any atom is 0.134 e. The minimum Gasteiger partial charge on any atom is -0.391 e. The molecule has 0 aromatic carbocycles. The molecule has 0 amide bonds. The van der Waals surface area contributed by atoms with Crippen LogP contribution in [0.1, 0.15) is 18.5 Å². The molecule has 0 aliphatic carbocycles. The average Bonchev–Trinajstić information content (AvgIpc) is 3.14. The molecule has 9 heteroatoms. The number of hydrogen-bond donors (Lipinski definition) is 1. The van der Waals surface area contributed by atoms with Gasteiger partial charge in [0.1, 0.15) is 18.0 Å². The van der Waals surface area contributed by atoms with Gasteiger partial charge in [0.25, 0.3) is 0 Å². The number of anilines is 2. The lowest BCUT2D eigenvalue weighted by Crippen LogP contribution is -2.38. The van der Waals surface area contributed by atoms with Gasteiger partial charge in [0.2, 0.25) is 0 Å². The van der Waals surface area contributed by atoms with Gasteiger partial charge in [-0.1, -0.05) is 5.21 Å². The first-order valence-corrected chi connectivity index (χ1v) is 9.14. The van der Waals surface area contributed by atoms with Crippen molar-refractivity contribution in [2.75, 3.05) is 43.5 Å². The highest BCUT2D eigenvalue weighted by atomic mass is 16.3. The zero-order valence-electron chi connectivity index (χ0n) is 15.4. The van der Waals surface area contributed by atoms with Crippen molar-refractivity contribution in [2.45, 2.75) is 38.1 Å². The number of aryl methyl sites for hydroxylation is 1. The first kappa shape index (κ1) is 17.2.